The van der Waals surface area contributed by atoms with E-state index in [0.29, 0.717) is 5.75 Å². The number of rotatable bonds is 8. The van der Waals surface area contributed by atoms with E-state index in [9.17, 15) is 9.59 Å². The summed E-state index contributed by atoms with van der Waals surface area (Å²) in [5.74, 6) is -0.0908. The van der Waals surface area contributed by atoms with Crippen molar-refractivity contribution in [2.45, 2.75) is 32.7 Å². The summed E-state index contributed by atoms with van der Waals surface area (Å²) in [6, 6.07) is 4.78. The van der Waals surface area contributed by atoms with Crippen LogP contribution in [0.3, 0.4) is 0 Å². The average molecular weight is 294 g/mol. The van der Waals surface area contributed by atoms with Crippen LogP contribution in [0, 0.1) is 0 Å². The number of carbonyl (C=O) groups is 2. The molecule has 3 N–H and O–H groups in total. The van der Waals surface area contributed by atoms with Crippen LogP contribution in [0.2, 0.25) is 0 Å². The van der Waals surface area contributed by atoms with Gasteiger partial charge in [-0.15, -0.1) is 0 Å². The van der Waals surface area contributed by atoms with Crippen molar-refractivity contribution in [2.75, 3.05) is 13.7 Å². The Bertz CT molecular complexity index is 498. The van der Waals surface area contributed by atoms with Gasteiger partial charge >= 0.3 is 0 Å². The zero-order valence-corrected chi connectivity index (χ0v) is 12.6. The molecule has 0 heterocycles. The Hall–Kier alpha value is -2.24. The molecule has 116 valence electrons. The number of carbonyl (C=O) groups excluding carboxylic acids is 2. The lowest BCUT2D eigenvalue weighted by Crippen LogP contribution is -2.37. The Labute approximate surface area is 124 Å². The number of methoxy groups -OCH3 is 1. The van der Waals surface area contributed by atoms with E-state index in [4.69, 9.17) is 15.2 Å². The standard InChI is InChI=1S/C15H22N2O4/c1-4-10(5-2)17-14(18)9-21-13-8-11(20-3)6-7-12(13)15(16)19/h6-8,10H,4-5,9H2,1-3H3,(H2,16,19)(H,17,18). The smallest absolute Gasteiger partial charge is 0.258 e. The molecule has 0 saturated heterocycles. The summed E-state index contributed by atoms with van der Waals surface area (Å²) < 4.78 is 10.5. The first-order chi connectivity index (χ1) is 10.0. The van der Waals surface area contributed by atoms with E-state index in [1.165, 1.54) is 19.2 Å². The molecule has 0 atom stereocenters. The minimum absolute atomic E-state index is 0.127. The van der Waals surface area contributed by atoms with Gasteiger partial charge in [0.15, 0.2) is 6.61 Å². The second kappa shape index (κ2) is 8.14. The normalized spacial score (nSPS) is 10.3. The number of nitrogens with two attached hydrogens (primary N) is 1. The Morgan fingerprint density at radius 2 is 1.95 bits per heavy atom. The van der Waals surface area contributed by atoms with Crippen LogP contribution in [0.15, 0.2) is 18.2 Å². The van der Waals surface area contributed by atoms with E-state index in [-0.39, 0.29) is 29.9 Å². The summed E-state index contributed by atoms with van der Waals surface area (Å²) in [5.41, 5.74) is 5.49. The molecule has 2 amide bonds. The van der Waals surface area contributed by atoms with Gasteiger partial charge in [-0.05, 0) is 25.0 Å². The van der Waals surface area contributed by atoms with E-state index in [1.54, 1.807) is 6.07 Å². The van der Waals surface area contributed by atoms with Gasteiger partial charge in [-0.1, -0.05) is 13.8 Å². The van der Waals surface area contributed by atoms with E-state index in [1.807, 2.05) is 13.8 Å². The Balaban J connectivity index is 2.73. The van der Waals surface area contributed by atoms with Crippen molar-refractivity contribution < 1.29 is 19.1 Å². The average Bonchev–Trinajstić information content (AvgIpc) is 2.49. The van der Waals surface area contributed by atoms with Crippen molar-refractivity contribution in [3.8, 4) is 11.5 Å². The van der Waals surface area contributed by atoms with Gasteiger partial charge in [-0.3, -0.25) is 9.59 Å². The highest BCUT2D eigenvalue weighted by molar-refractivity contribution is 5.96. The molecule has 0 aliphatic carbocycles. The molecule has 6 nitrogen and oxygen atoms in total. The molecule has 1 aromatic rings. The van der Waals surface area contributed by atoms with Crippen LogP contribution in [0.4, 0.5) is 0 Å². The third kappa shape index (κ3) is 4.98. The fourth-order valence-electron chi connectivity index (χ4n) is 1.86. The molecule has 6 heteroatoms. The second-order valence-electron chi connectivity index (χ2n) is 4.60. The first-order valence-electron chi connectivity index (χ1n) is 6.91. The molecule has 0 spiro atoms. The van der Waals surface area contributed by atoms with E-state index in [0.717, 1.165) is 12.8 Å². The molecule has 0 unspecified atom stereocenters. The van der Waals surface area contributed by atoms with Crippen molar-refractivity contribution >= 4 is 11.8 Å². The summed E-state index contributed by atoms with van der Waals surface area (Å²) in [6.07, 6.45) is 1.71. The molecule has 21 heavy (non-hydrogen) atoms. The van der Waals surface area contributed by atoms with Gasteiger partial charge in [0.1, 0.15) is 11.5 Å². The SMILES string of the molecule is CCC(CC)NC(=O)COc1cc(OC)ccc1C(N)=O. The lowest BCUT2D eigenvalue weighted by atomic mass is 10.1. The topological polar surface area (TPSA) is 90.7 Å². The summed E-state index contributed by atoms with van der Waals surface area (Å²) in [4.78, 5) is 23.1. The van der Waals surface area contributed by atoms with Crippen LogP contribution < -0.4 is 20.5 Å². The fourth-order valence-corrected chi connectivity index (χ4v) is 1.86. The van der Waals surface area contributed by atoms with Gasteiger partial charge in [0, 0.05) is 12.1 Å². The molecule has 0 radical (unpaired) electrons. The zero-order valence-electron chi connectivity index (χ0n) is 12.6. The molecule has 0 saturated carbocycles. The van der Waals surface area contributed by atoms with Gasteiger partial charge in [-0.2, -0.15) is 0 Å². The molecule has 1 aromatic carbocycles. The van der Waals surface area contributed by atoms with Crippen molar-refractivity contribution in [1.29, 1.82) is 0 Å². The largest absolute Gasteiger partial charge is 0.497 e. The molecular weight excluding hydrogens is 272 g/mol. The Kier molecular flexibility index (Phi) is 6.52. The number of nitrogens with one attached hydrogen (secondary N) is 1. The second-order valence-corrected chi connectivity index (χ2v) is 4.60. The fraction of sp³-hybridized carbons (Fsp3) is 0.467. The van der Waals surface area contributed by atoms with Crippen molar-refractivity contribution in [3.05, 3.63) is 23.8 Å². The number of hydrogen-bond acceptors (Lipinski definition) is 4. The molecule has 0 aliphatic rings. The van der Waals surface area contributed by atoms with E-state index < -0.39 is 5.91 Å². The maximum Gasteiger partial charge on any atom is 0.258 e. The highest BCUT2D eigenvalue weighted by atomic mass is 16.5. The van der Waals surface area contributed by atoms with Crippen LogP contribution in [0.25, 0.3) is 0 Å². The minimum Gasteiger partial charge on any atom is -0.497 e. The monoisotopic (exact) mass is 294 g/mol. The predicted octanol–water partition coefficient (Wildman–Crippen LogP) is 1.48. The van der Waals surface area contributed by atoms with E-state index >= 15 is 0 Å². The summed E-state index contributed by atoms with van der Waals surface area (Å²) >= 11 is 0. The lowest BCUT2D eigenvalue weighted by molar-refractivity contribution is -0.123. The number of amides is 2. The molecule has 0 fully saturated rings. The number of hydrogen-bond donors (Lipinski definition) is 2. The molecule has 0 bridgehead atoms. The Morgan fingerprint density at radius 1 is 1.29 bits per heavy atom. The maximum atomic E-state index is 11.8. The highest BCUT2D eigenvalue weighted by Gasteiger charge is 2.14. The minimum atomic E-state index is -0.618. The first-order valence-corrected chi connectivity index (χ1v) is 6.91. The first kappa shape index (κ1) is 16.8. The molecule has 1 rings (SSSR count). The number of benzene rings is 1. The lowest BCUT2D eigenvalue weighted by Gasteiger charge is -2.16. The zero-order chi connectivity index (χ0) is 15.8. The van der Waals surface area contributed by atoms with Crippen molar-refractivity contribution in [1.82, 2.24) is 5.32 Å². The molecule has 0 aromatic heterocycles. The summed E-state index contributed by atoms with van der Waals surface area (Å²) in [6.45, 7) is 3.83. The van der Waals surface area contributed by atoms with Crippen molar-refractivity contribution in [2.24, 2.45) is 5.73 Å². The number of primary amides is 1. The third-order valence-corrected chi connectivity index (χ3v) is 3.16. The summed E-state index contributed by atoms with van der Waals surface area (Å²) in [5, 5.41) is 2.85. The van der Waals surface area contributed by atoms with Gasteiger partial charge in [-0.25, -0.2) is 0 Å². The van der Waals surface area contributed by atoms with Gasteiger partial charge in [0.2, 0.25) is 0 Å². The van der Waals surface area contributed by atoms with Gasteiger partial charge in [0.25, 0.3) is 11.8 Å². The Morgan fingerprint density at radius 3 is 2.48 bits per heavy atom. The van der Waals surface area contributed by atoms with E-state index in [2.05, 4.69) is 5.32 Å². The number of ether oxygens (including phenoxy) is 2. The maximum absolute atomic E-state index is 11.8. The van der Waals surface area contributed by atoms with Gasteiger partial charge < -0.3 is 20.5 Å². The quantitative estimate of drug-likeness (QED) is 0.759. The third-order valence-electron chi connectivity index (χ3n) is 3.16. The van der Waals surface area contributed by atoms with Crippen molar-refractivity contribution in [3.63, 3.8) is 0 Å². The van der Waals surface area contributed by atoms with Crippen LogP contribution in [0.1, 0.15) is 37.0 Å². The highest BCUT2D eigenvalue weighted by Crippen LogP contribution is 2.24. The van der Waals surface area contributed by atoms with Crippen LogP contribution >= 0.6 is 0 Å². The predicted molar refractivity (Wildman–Crippen MR) is 79.5 cm³/mol. The van der Waals surface area contributed by atoms with Crippen LogP contribution in [-0.2, 0) is 4.79 Å². The molecular formula is C15H22N2O4. The molecule has 0 aliphatic heterocycles. The van der Waals surface area contributed by atoms with Crippen LogP contribution in [0.5, 0.6) is 11.5 Å². The summed E-state index contributed by atoms with van der Waals surface area (Å²) in [7, 11) is 1.50. The van der Waals surface area contributed by atoms with Gasteiger partial charge in [0.05, 0.1) is 12.7 Å². The van der Waals surface area contributed by atoms with Crippen LogP contribution in [-0.4, -0.2) is 31.6 Å².